The molecule has 0 unspecified atom stereocenters. The molecule has 1 heterocycles. The van der Waals surface area contributed by atoms with Crippen molar-refractivity contribution in [2.24, 2.45) is 0 Å². The third-order valence-electron chi connectivity index (χ3n) is 7.09. The van der Waals surface area contributed by atoms with E-state index in [-0.39, 0.29) is 24.7 Å². The lowest BCUT2D eigenvalue weighted by molar-refractivity contribution is -0.140. The summed E-state index contributed by atoms with van der Waals surface area (Å²) >= 11 is 3.55. The largest absolute Gasteiger partial charge is 0.496 e. The van der Waals surface area contributed by atoms with Crippen molar-refractivity contribution in [2.75, 3.05) is 41.2 Å². The van der Waals surface area contributed by atoms with Gasteiger partial charge < -0.3 is 29.0 Å². The average Bonchev–Trinajstić information content (AvgIpc) is 2.93. The summed E-state index contributed by atoms with van der Waals surface area (Å²) < 4.78 is 28.3. The predicted octanol–water partition coefficient (Wildman–Crippen LogP) is 5.42. The molecule has 8 nitrogen and oxygen atoms in total. The van der Waals surface area contributed by atoms with Gasteiger partial charge in [0.15, 0.2) is 17.3 Å². The number of hydrogen-bond donors (Lipinski definition) is 1. The number of carbonyl (C=O) groups excluding carboxylic acids is 2. The van der Waals surface area contributed by atoms with Crippen molar-refractivity contribution in [3.63, 3.8) is 0 Å². The van der Waals surface area contributed by atoms with E-state index in [2.05, 4.69) is 21.2 Å². The molecule has 2 aromatic rings. The Morgan fingerprint density at radius 3 is 2.38 bits per heavy atom. The van der Waals surface area contributed by atoms with E-state index in [0.29, 0.717) is 53.7 Å². The van der Waals surface area contributed by atoms with Crippen molar-refractivity contribution in [1.82, 2.24) is 5.32 Å². The van der Waals surface area contributed by atoms with Crippen molar-refractivity contribution in [2.45, 2.75) is 38.5 Å². The standard InChI is InChI=1S/C30H34BrNO7/c1-6-38-11-12-39-30(34)27-17(2)32-22-13-19(18-7-9-25(36-4)26(15-18)37-5)14-23(33)29(22)28(27)21-16-20(31)8-10-24(21)35-3/h7-10,15-16,19,28,32H,6,11-14H2,1-5H3/t19-,28-/m1/s1. The Balaban J connectivity index is 1.77. The Kier molecular flexibility index (Phi) is 9.35. The van der Waals surface area contributed by atoms with E-state index in [0.717, 1.165) is 21.3 Å². The van der Waals surface area contributed by atoms with Gasteiger partial charge in [0.05, 0.1) is 39.4 Å². The fraction of sp³-hybridized carbons (Fsp3) is 0.400. The van der Waals surface area contributed by atoms with Gasteiger partial charge in [0.25, 0.3) is 0 Å². The summed E-state index contributed by atoms with van der Waals surface area (Å²) in [6.45, 7) is 4.67. The lowest BCUT2D eigenvalue weighted by Gasteiger charge is -2.37. The first kappa shape index (κ1) is 28.7. The molecule has 2 aliphatic rings. The summed E-state index contributed by atoms with van der Waals surface area (Å²) in [4.78, 5) is 27.4. The molecule has 0 bridgehead atoms. The molecule has 4 rings (SSSR count). The van der Waals surface area contributed by atoms with Gasteiger partial charge >= 0.3 is 5.97 Å². The molecular weight excluding hydrogens is 566 g/mol. The Labute approximate surface area is 237 Å². The van der Waals surface area contributed by atoms with Crippen LogP contribution in [0.2, 0.25) is 0 Å². The highest BCUT2D eigenvalue weighted by Gasteiger charge is 2.42. The van der Waals surface area contributed by atoms with Crippen molar-refractivity contribution >= 4 is 27.7 Å². The number of allylic oxidation sites excluding steroid dienone is 3. The molecule has 0 aromatic heterocycles. The Morgan fingerprint density at radius 2 is 1.69 bits per heavy atom. The number of carbonyl (C=O) groups is 2. The number of ketones is 1. The van der Waals surface area contributed by atoms with Crippen LogP contribution in [0.5, 0.6) is 17.2 Å². The number of benzene rings is 2. The van der Waals surface area contributed by atoms with Gasteiger partial charge in [0, 0.05) is 40.0 Å². The van der Waals surface area contributed by atoms with Gasteiger partial charge in [-0.25, -0.2) is 4.79 Å². The molecule has 208 valence electrons. The molecule has 0 fully saturated rings. The molecule has 0 saturated heterocycles. The number of methoxy groups -OCH3 is 3. The van der Waals surface area contributed by atoms with Gasteiger partial charge in [-0.15, -0.1) is 0 Å². The Hall–Kier alpha value is -3.30. The quantitative estimate of drug-likeness (QED) is 0.286. The summed E-state index contributed by atoms with van der Waals surface area (Å²) in [7, 11) is 4.77. The van der Waals surface area contributed by atoms with E-state index >= 15 is 0 Å². The Morgan fingerprint density at radius 1 is 0.974 bits per heavy atom. The van der Waals surface area contributed by atoms with Gasteiger partial charge in [-0.2, -0.15) is 0 Å². The van der Waals surface area contributed by atoms with E-state index in [1.165, 1.54) is 0 Å². The van der Waals surface area contributed by atoms with Crippen LogP contribution in [0.4, 0.5) is 0 Å². The number of ether oxygens (including phenoxy) is 5. The van der Waals surface area contributed by atoms with Gasteiger partial charge in [-0.1, -0.05) is 22.0 Å². The van der Waals surface area contributed by atoms with Gasteiger partial charge in [-0.3, -0.25) is 4.79 Å². The molecule has 1 aliphatic heterocycles. The first-order valence-corrected chi connectivity index (χ1v) is 13.7. The van der Waals surface area contributed by atoms with Crippen molar-refractivity contribution in [1.29, 1.82) is 0 Å². The van der Waals surface area contributed by atoms with E-state index in [9.17, 15) is 9.59 Å². The molecular formula is C30H34BrNO7. The SMILES string of the molecule is CCOCCOC(=O)C1=C(C)NC2=C(C(=O)C[C@H](c3ccc(OC)c(OC)c3)C2)[C@@H]1c1cc(Br)ccc1OC. The summed E-state index contributed by atoms with van der Waals surface area (Å²) in [5, 5.41) is 3.38. The molecule has 2 atom stereocenters. The van der Waals surface area contributed by atoms with Crippen LogP contribution in [-0.4, -0.2) is 52.9 Å². The van der Waals surface area contributed by atoms with Gasteiger partial charge in [0.2, 0.25) is 0 Å². The maximum absolute atomic E-state index is 13.9. The number of rotatable bonds is 10. The first-order chi connectivity index (χ1) is 18.8. The molecule has 39 heavy (non-hydrogen) atoms. The van der Waals surface area contributed by atoms with Crippen molar-refractivity contribution < 1.29 is 33.3 Å². The van der Waals surface area contributed by atoms with Crippen molar-refractivity contribution in [3.05, 3.63) is 74.5 Å². The second kappa shape index (κ2) is 12.7. The first-order valence-electron chi connectivity index (χ1n) is 12.9. The van der Waals surface area contributed by atoms with Gasteiger partial charge in [-0.05, 0) is 62.1 Å². The van der Waals surface area contributed by atoms with Gasteiger partial charge in [0.1, 0.15) is 12.4 Å². The molecule has 0 radical (unpaired) electrons. The topological polar surface area (TPSA) is 92.3 Å². The van der Waals surface area contributed by atoms with E-state index in [1.807, 2.05) is 50.2 Å². The second-order valence-electron chi connectivity index (χ2n) is 9.35. The third kappa shape index (κ3) is 5.99. The van der Waals surface area contributed by atoms with Crippen LogP contribution in [0, 0.1) is 0 Å². The normalized spacial score (nSPS) is 18.9. The zero-order valence-electron chi connectivity index (χ0n) is 22.9. The minimum absolute atomic E-state index is 0.0392. The fourth-order valence-corrected chi connectivity index (χ4v) is 5.69. The summed E-state index contributed by atoms with van der Waals surface area (Å²) in [6, 6.07) is 11.3. The maximum Gasteiger partial charge on any atom is 0.336 e. The molecule has 0 amide bonds. The third-order valence-corrected chi connectivity index (χ3v) is 7.59. The lowest BCUT2D eigenvalue weighted by Crippen LogP contribution is -2.36. The highest BCUT2D eigenvalue weighted by atomic mass is 79.9. The number of esters is 1. The molecule has 1 N–H and O–H groups in total. The molecule has 1 aliphatic carbocycles. The molecule has 0 spiro atoms. The minimum Gasteiger partial charge on any atom is -0.496 e. The molecule has 9 heteroatoms. The van der Waals surface area contributed by atoms with E-state index in [4.69, 9.17) is 23.7 Å². The van der Waals surface area contributed by atoms with Crippen molar-refractivity contribution in [3.8, 4) is 17.2 Å². The van der Waals surface area contributed by atoms with Crippen LogP contribution in [0.3, 0.4) is 0 Å². The Bertz CT molecular complexity index is 1320. The molecule has 2 aromatic carbocycles. The van der Waals surface area contributed by atoms with Crippen LogP contribution >= 0.6 is 15.9 Å². The van der Waals surface area contributed by atoms with Crippen LogP contribution in [-0.2, 0) is 19.1 Å². The number of nitrogens with one attached hydrogen (secondary N) is 1. The predicted molar refractivity (Wildman–Crippen MR) is 150 cm³/mol. The lowest BCUT2D eigenvalue weighted by atomic mass is 9.71. The van der Waals surface area contributed by atoms with Crippen LogP contribution < -0.4 is 19.5 Å². The van der Waals surface area contributed by atoms with E-state index in [1.54, 1.807) is 21.3 Å². The van der Waals surface area contributed by atoms with Crippen LogP contribution in [0.1, 0.15) is 49.7 Å². The number of halogens is 1. The highest BCUT2D eigenvalue weighted by molar-refractivity contribution is 9.10. The number of Topliss-reactive ketones (excluding diaryl/α,β-unsaturated/α-hetero) is 1. The summed E-state index contributed by atoms with van der Waals surface area (Å²) in [5.41, 5.74) is 4.08. The second-order valence-corrected chi connectivity index (χ2v) is 10.3. The number of dihydropyridines is 1. The van der Waals surface area contributed by atoms with Crippen LogP contribution in [0.15, 0.2) is 63.4 Å². The average molecular weight is 601 g/mol. The monoisotopic (exact) mass is 599 g/mol. The summed E-state index contributed by atoms with van der Waals surface area (Å²) in [6.07, 6.45) is 0.877. The number of hydrogen-bond acceptors (Lipinski definition) is 8. The maximum atomic E-state index is 13.9. The van der Waals surface area contributed by atoms with E-state index < -0.39 is 11.9 Å². The summed E-state index contributed by atoms with van der Waals surface area (Å²) in [5.74, 6) is 0.583. The minimum atomic E-state index is -0.646. The molecule has 0 saturated carbocycles. The highest BCUT2D eigenvalue weighted by Crippen LogP contribution is 2.48. The zero-order chi connectivity index (χ0) is 28.1. The van der Waals surface area contributed by atoms with Crippen LogP contribution in [0.25, 0.3) is 0 Å². The smallest absolute Gasteiger partial charge is 0.336 e. The fourth-order valence-electron chi connectivity index (χ4n) is 5.31. The zero-order valence-corrected chi connectivity index (χ0v) is 24.5.